The number of rotatable bonds is 8. The van der Waals surface area contributed by atoms with E-state index < -0.39 is 0 Å². The van der Waals surface area contributed by atoms with E-state index in [1.165, 1.54) is 4.88 Å². The summed E-state index contributed by atoms with van der Waals surface area (Å²) >= 11 is 1.70. The van der Waals surface area contributed by atoms with Gasteiger partial charge >= 0.3 is 0 Å². The minimum atomic E-state index is -0.126. The topological polar surface area (TPSA) is 58.4 Å². The second-order valence-corrected chi connectivity index (χ2v) is 7.17. The van der Waals surface area contributed by atoms with Crippen molar-refractivity contribution in [2.45, 2.75) is 45.7 Å². The summed E-state index contributed by atoms with van der Waals surface area (Å²) in [5.74, 6) is 0.0841. The molecule has 5 nitrogen and oxygen atoms in total. The lowest BCUT2D eigenvalue weighted by atomic mass is 10.1. The van der Waals surface area contributed by atoms with Crippen molar-refractivity contribution in [1.29, 1.82) is 0 Å². The Labute approximate surface area is 141 Å². The van der Waals surface area contributed by atoms with Gasteiger partial charge in [-0.15, -0.1) is 11.3 Å². The standard InChI is InChI=1S/C17H25N3O2S/c1-4-15(12-21)20(11-16-7-5-13(2)23-16)17(22)8-6-14-9-18-19(3)10-14/h5,7,9-10,15,21H,4,6,8,11-12H2,1-3H3/t15-/m0/s1. The molecule has 0 aliphatic carbocycles. The highest BCUT2D eigenvalue weighted by Crippen LogP contribution is 2.20. The van der Waals surface area contributed by atoms with Crippen LogP contribution in [0.25, 0.3) is 0 Å². The molecule has 0 aliphatic rings. The number of aliphatic hydroxyl groups is 1. The Hall–Kier alpha value is -1.66. The van der Waals surface area contributed by atoms with Crippen LogP contribution in [0, 0.1) is 6.92 Å². The highest BCUT2D eigenvalue weighted by atomic mass is 32.1. The van der Waals surface area contributed by atoms with Gasteiger partial charge in [0.05, 0.1) is 25.4 Å². The molecule has 0 bridgehead atoms. The molecule has 2 aromatic rings. The summed E-state index contributed by atoms with van der Waals surface area (Å²) in [7, 11) is 1.87. The first-order valence-electron chi connectivity index (χ1n) is 7.96. The van der Waals surface area contributed by atoms with E-state index >= 15 is 0 Å². The van der Waals surface area contributed by atoms with Gasteiger partial charge < -0.3 is 10.0 Å². The van der Waals surface area contributed by atoms with Crippen LogP contribution in [0.3, 0.4) is 0 Å². The van der Waals surface area contributed by atoms with E-state index in [4.69, 9.17) is 0 Å². The van der Waals surface area contributed by atoms with Gasteiger partial charge in [-0.2, -0.15) is 5.10 Å². The maximum atomic E-state index is 12.7. The Morgan fingerprint density at radius 1 is 1.48 bits per heavy atom. The SMILES string of the molecule is CC[C@@H](CO)N(Cc1ccc(C)s1)C(=O)CCc1cnn(C)c1. The van der Waals surface area contributed by atoms with Crippen LogP contribution >= 0.6 is 11.3 Å². The van der Waals surface area contributed by atoms with Crippen molar-refractivity contribution in [1.82, 2.24) is 14.7 Å². The van der Waals surface area contributed by atoms with E-state index in [0.717, 1.165) is 16.9 Å². The first-order chi connectivity index (χ1) is 11.0. The minimum Gasteiger partial charge on any atom is -0.394 e. The van der Waals surface area contributed by atoms with Crippen molar-refractivity contribution >= 4 is 17.2 Å². The van der Waals surface area contributed by atoms with Gasteiger partial charge in [0.2, 0.25) is 5.91 Å². The first-order valence-corrected chi connectivity index (χ1v) is 8.78. The van der Waals surface area contributed by atoms with E-state index in [0.29, 0.717) is 19.4 Å². The van der Waals surface area contributed by atoms with Gasteiger partial charge in [-0.3, -0.25) is 9.48 Å². The zero-order valence-electron chi connectivity index (χ0n) is 14.0. The fourth-order valence-electron chi connectivity index (χ4n) is 2.60. The molecule has 1 amide bonds. The van der Waals surface area contributed by atoms with Gasteiger partial charge in [0.25, 0.3) is 0 Å². The highest BCUT2D eigenvalue weighted by Gasteiger charge is 2.22. The summed E-state index contributed by atoms with van der Waals surface area (Å²) in [4.78, 5) is 16.9. The lowest BCUT2D eigenvalue weighted by Gasteiger charge is -2.29. The number of nitrogens with zero attached hydrogens (tertiary/aromatic N) is 3. The maximum absolute atomic E-state index is 12.7. The molecule has 6 heteroatoms. The van der Waals surface area contributed by atoms with Crippen LogP contribution in [0.4, 0.5) is 0 Å². The number of carbonyl (C=O) groups is 1. The Bertz CT molecular complexity index is 631. The lowest BCUT2D eigenvalue weighted by Crippen LogP contribution is -2.41. The summed E-state index contributed by atoms with van der Waals surface area (Å²) < 4.78 is 1.74. The molecule has 126 valence electrons. The molecule has 0 unspecified atom stereocenters. The van der Waals surface area contributed by atoms with E-state index in [2.05, 4.69) is 24.2 Å². The van der Waals surface area contributed by atoms with Crippen LogP contribution in [-0.2, 0) is 24.8 Å². The van der Waals surface area contributed by atoms with E-state index in [1.807, 2.05) is 25.1 Å². The molecule has 0 fully saturated rings. The number of aryl methyl sites for hydroxylation is 3. The van der Waals surface area contributed by atoms with Gasteiger partial charge in [0.15, 0.2) is 0 Å². The number of amides is 1. The quantitative estimate of drug-likeness (QED) is 0.806. The third-order valence-corrected chi connectivity index (χ3v) is 4.94. The number of hydrogen-bond donors (Lipinski definition) is 1. The van der Waals surface area contributed by atoms with Crippen LogP contribution in [0.5, 0.6) is 0 Å². The molecule has 1 N–H and O–H groups in total. The Balaban J connectivity index is 2.04. The molecule has 1 atom stereocenters. The molecule has 23 heavy (non-hydrogen) atoms. The number of aliphatic hydroxyl groups excluding tert-OH is 1. The van der Waals surface area contributed by atoms with Gasteiger partial charge in [-0.25, -0.2) is 0 Å². The largest absolute Gasteiger partial charge is 0.394 e. The fourth-order valence-corrected chi connectivity index (χ4v) is 3.49. The zero-order chi connectivity index (χ0) is 16.8. The van der Waals surface area contributed by atoms with E-state index in [1.54, 1.807) is 22.2 Å². The van der Waals surface area contributed by atoms with E-state index in [9.17, 15) is 9.90 Å². The Morgan fingerprint density at radius 2 is 2.26 bits per heavy atom. The fraction of sp³-hybridized carbons (Fsp3) is 0.529. The summed E-state index contributed by atoms with van der Waals surface area (Å²) in [6.45, 7) is 4.64. The lowest BCUT2D eigenvalue weighted by molar-refractivity contribution is -0.135. The minimum absolute atomic E-state index is 0.000506. The first kappa shape index (κ1) is 17.7. The number of thiophene rings is 1. The Kier molecular flexibility index (Phi) is 6.36. The van der Waals surface area contributed by atoms with Gasteiger partial charge in [-0.05, 0) is 37.5 Å². The van der Waals surface area contributed by atoms with Crippen LogP contribution in [0.15, 0.2) is 24.5 Å². The van der Waals surface area contributed by atoms with Crippen molar-refractivity contribution in [3.05, 3.63) is 39.8 Å². The van der Waals surface area contributed by atoms with Crippen molar-refractivity contribution in [3.63, 3.8) is 0 Å². The predicted molar refractivity (Wildman–Crippen MR) is 92.3 cm³/mol. The molecule has 2 heterocycles. The van der Waals surface area contributed by atoms with Gasteiger partial charge in [0.1, 0.15) is 0 Å². The Morgan fingerprint density at radius 3 is 2.78 bits per heavy atom. The van der Waals surface area contributed by atoms with Crippen LogP contribution < -0.4 is 0 Å². The molecule has 2 rings (SSSR count). The molecule has 0 radical (unpaired) electrons. The molecule has 2 aromatic heterocycles. The highest BCUT2D eigenvalue weighted by molar-refractivity contribution is 7.11. The summed E-state index contributed by atoms with van der Waals surface area (Å²) in [6.07, 6.45) is 5.59. The second kappa shape index (κ2) is 8.26. The normalized spacial score (nSPS) is 12.3. The molecule has 0 aromatic carbocycles. The molecular formula is C17H25N3O2S. The number of aromatic nitrogens is 2. The third kappa shape index (κ3) is 4.91. The average Bonchev–Trinajstić information content (AvgIpc) is 3.13. The number of hydrogen-bond acceptors (Lipinski definition) is 4. The monoisotopic (exact) mass is 335 g/mol. The van der Waals surface area contributed by atoms with Crippen LogP contribution in [0.2, 0.25) is 0 Å². The summed E-state index contributed by atoms with van der Waals surface area (Å²) in [6, 6.07) is 4.00. The maximum Gasteiger partial charge on any atom is 0.223 e. The van der Waals surface area contributed by atoms with E-state index in [-0.39, 0.29) is 18.6 Å². The smallest absolute Gasteiger partial charge is 0.223 e. The third-order valence-electron chi connectivity index (χ3n) is 3.95. The molecule has 0 saturated carbocycles. The van der Waals surface area contributed by atoms with Crippen molar-refractivity contribution < 1.29 is 9.90 Å². The van der Waals surface area contributed by atoms with Crippen molar-refractivity contribution in [3.8, 4) is 0 Å². The summed E-state index contributed by atoms with van der Waals surface area (Å²) in [5.41, 5.74) is 1.06. The van der Waals surface area contributed by atoms with Crippen molar-refractivity contribution in [2.75, 3.05) is 6.61 Å². The van der Waals surface area contributed by atoms with Crippen LogP contribution in [0.1, 0.15) is 35.1 Å². The zero-order valence-corrected chi connectivity index (χ0v) is 14.8. The molecule has 0 saturated heterocycles. The number of carbonyl (C=O) groups excluding carboxylic acids is 1. The molecular weight excluding hydrogens is 310 g/mol. The van der Waals surface area contributed by atoms with Gasteiger partial charge in [0, 0.05) is 29.4 Å². The van der Waals surface area contributed by atoms with Gasteiger partial charge in [-0.1, -0.05) is 6.92 Å². The summed E-state index contributed by atoms with van der Waals surface area (Å²) in [5, 5.41) is 13.7. The molecule has 0 aliphatic heterocycles. The second-order valence-electron chi connectivity index (χ2n) is 5.80. The van der Waals surface area contributed by atoms with Crippen LogP contribution in [-0.4, -0.2) is 38.3 Å². The molecule has 0 spiro atoms. The van der Waals surface area contributed by atoms with Crippen molar-refractivity contribution in [2.24, 2.45) is 7.05 Å². The predicted octanol–water partition coefficient (Wildman–Crippen LogP) is 2.52. The average molecular weight is 335 g/mol.